The van der Waals surface area contributed by atoms with Crippen molar-refractivity contribution in [1.29, 1.82) is 0 Å². The van der Waals surface area contributed by atoms with Crippen LogP contribution in [0.1, 0.15) is 11.4 Å². The summed E-state index contributed by atoms with van der Waals surface area (Å²) in [6.45, 7) is 5.50. The van der Waals surface area contributed by atoms with Crippen molar-refractivity contribution in [3.05, 3.63) is 70.0 Å². The number of carbonyl (C=O) groups excluding carboxylic acids is 5. The van der Waals surface area contributed by atoms with Crippen molar-refractivity contribution in [2.75, 3.05) is 35.8 Å². The van der Waals surface area contributed by atoms with Crippen molar-refractivity contribution in [3.63, 3.8) is 0 Å². The zero-order valence-corrected chi connectivity index (χ0v) is 32.9. The van der Waals surface area contributed by atoms with E-state index < -0.39 is 94.9 Å². The van der Waals surface area contributed by atoms with Gasteiger partial charge in [-0.3, -0.25) is 39.1 Å². The fourth-order valence-electron chi connectivity index (χ4n) is 5.74. The number of nitrogens with two attached hydrogens (primary N) is 1. The van der Waals surface area contributed by atoms with Crippen LogP contribution < -0.4 is 21.7 Å². The van der Waals surface area contributed by atoms with Crippen LogP contribution in [0.25, 0.3) is 0 Å². The number of fused-ring (bicyclic) bond motifs is 2. The Bertz CT molecular complexity index is 2340. The summed E-state index contributed by atoms with van der Waals surface area (Å²) >= 11 is 4.18. The van der Waals surface area contributed by atoms with Crippen LogP contribution in [0, 0.1) is 0 Å². The van der Waals surface area contributed by atoms with Crippen LogP contribution in [0.15, 0.2) is 68.9 Å². The minimum absolute atomic E-state index is 0.0355. The number of nitrogens with one attached hydrogen (secondary N) is 3. The molecule has 4 aliphatic rings. The Labute approximate surface area is 346 Å². The number of thiazole rings is 2. The molecule has 0 aliphatic carbocycles. The van der Waals surface area contributed by atoms with Gasteiger partial charge in [-0.2, -0.15) is 0 Å². The van der Waals surface area contributed by atoms with Crippen molar-refractivity contribution in [1.82, 2.24) is 30.4 Å². The summed E-state index contributed by atoms with van der Waals surface area (Å²) in [5.74, 6) is -8.00. The van der Waals surface area contributed by atoms with E-state index in [0.29, 0.717) is 11.1 Å². The molecule has 8 N–H and O–H groups in total. The van der Waals surface area contributed by atoms with Crippen LogP contribution in [0.4, 0.5) is 10.3 Å². The Morgan fingerprint density at radius 2 is 1.27 bits per heavy atom. The first-order valence-electron chi connectivity index (χ1n) is 16.4. The molecule has 0 unspecified atom stereocenters. The molecular formula is C32H28N10O13S4. The van der Waals surface area contributed by atoms with Gasteiger partial charge in [-0.25, -0.2) is 24.4 Å². The Kier molecular flexibility index (Phi) is 12.5. The highest BCUT2D eigenvalue weighted by Gasteiger charge is 2.55. The Morgan fingerprint density at radius 1 is 0.797 bits per heavy atom. The minimum atomic E-state index is -1.42. The summed E-state index contributed by atoms with van der Waals surface area (Å²) in [4.78, 5) is 121. The van der Waals surface area contributed by atoms with Crippen molar-refractivity contribution < 1.29 is 63.4 Å². The number of carbonyl (C=O) groups is 8. The van der Waals surface area contributed by atoms with Gasteiger partial charge in [-0.05, 0) is 11.1 Å². The number of β-lactam (4-membered cyclic amide) rings is 2. The molecule has 2 aromatic heterocycles. The molecule has 4 atom stereocenters. The maximum Gasteiger partial charge on any atom is 0.352 e. The second-order valence-electron chi connectivity index (χ2n) is 12.0. The molecule has 0 aromatic carbocycles. The number of aliphatic carboxylic acids is 3. The molecular weight excluding hydrogens is 861 g/mol. The maximum absolute atomic E-state index is 13.8. The lowest BCUT2D eigenvalue weighted by Crippen LogP contribution is -2.71. The first-order chi connectivity index (χ1) is 28.1. The van der Waals surface area contributed by atoms with Gasteiger partial charge in [0.05, 0.1) is 0 Å². The third-order valence-corrected chi connectivity index (χ3v) is 12.4. The number of nitrogens with zero attached hydrogens (tertiary/aromatic N) is 6. The molecule has 27 heteroatoms. The van der Waals surface area contributed by atoms with E-state index in [0.717, 1.165) is 32.5 Å². The fraction of sp³-hybridized carbons (Fsp3) is 0.250. The van der Waals surface area contributed by atoms with Crippen LogP contribution in [-0.2, 0) is 48.0 Å². The molecule has 0 radical (unpaired) electrons. The number of thioether (sulfide) groups is 2. The lowest BCUT2D eigenvalue weighted by molar-refractivity contribution is -0.150. The fourth-order valence-corrected chi connectivity index (χ4v) is 9.66. The molecule has 6 heterocycles. The molecule has 0 spiro atoms. The zero-order valence-electron chi connectivity index (χ0n) is 29.7. The van der Waals surface area contributed by atoms with E-state index in [1.54, 1.807) is 0 Å². The molecule has 59 heavy (non-hydrogen) atoms. The number of anilines is 2. The third-order valence-electron chi connectivity index (χ3n) is 8.33. The molecule has 5 amide bonds. The van der Waals surface area contributed by atoms with Gasteiger partial charge in [0.25, 0.3) is 29.5 Å². The van der Waals surface area contributed by atoms with Crippen LogP contribution in [0.5, 0.6) is 0 Å². The molecule has 23 nitrogen and oxygen atoms in total. The zero-order chi connectivity index (χ0) is 42.7. The molecule has 308 valence electrons. The number of oxime groups is 2. The van der Waals surface area contributed by atoms with Crippen LogP contribution in [0.2, 0.25) is 0 Å². The first kappa shape index (κ1) is 42.0. The molecule has 0 saturated carbocycles. The molecule has 2 fully saturated rings. The molecule has 2 saturated heterocycles. The standard InChI is InChI=1S/C32H28N10O13S4/c1-3-11-7-56-28-19(36-23(47)17(39-54-5-15(43)44)13-9-58-31(33)34-13)26(50)41(28)21(11)25(49)38-32-35-14(10-59-32)18(40-55-6-16(45)46)24(48)37-20-27(51)42-22(30(52)53)12(4-2)8-57-29(20)42/h3-4,9-10,19-20,28-29H,1-2,5-8H2,(H2,33,34)(H,36,47)(H,37,48)(H,43,44)(H,45,46)(H,52,53)(H,35,38,49)/b39-17-,40-18-/t19-,20-,28-,29-/m1/s1. The monoisotopic (exact) mass is 888 g/mol. The molecule has 0 bridgehead atoms. The van der Waals surface area contributed by atoms with Gasteiger partial charge in [0.15, 0.2) is 21.7 Å². The summed E-state index contributed by atoms with van der Waals surface area (Å²) in [5.41, 5.74) is 4.69. The summed E-state index contributed by atoms with van der Waals surface area (Å²) in [6.07, 6.45) is 2.70. The lowest BCUT2D eigenvalue weighted by atomic mass is 10.0. The van der Waals surface area contributed by atoms with E-state index in [-0.39, 0.29) is 44.6 Å². The van der Waals surface area contributed by atoms with E-state index in [1.165, 1.54) is 46.4 Å². The predicted octanol–water partition coefficient (Wildman–Crippen LogP) is -0.804. The highest BCUT2D eigenvalue weighted by Crippen LogP contribution is 2.42. The Morgan fingerprint density at radius 3 is 1.73 bits per heavy atom. The van der Waals surface area contributed by atoms with Crippen LogP contribution in [-0.4, -0.2) is 142 Å². The van der Waals surface area contributed by atoms with E-state index in [4.69, 9.17) is 25.6 Å². The SMILES string of the molecule is C=CC1=C(C(=O)O)N2C(=O)[C@@H](NC(=O)/C(=N\OCC(=O)O)c3csc(NC(=O)C4=C(C=C)CS[C@@H]5[C@H](NC(=O)/C(=N\OCC(=O)O)c6csc(N)n6)C(=O)N45)n3)[C@H]2SC1. The van der Waals surface area contributed by atoms with Crippen LogP contribution >= 0.6 is 46.2 Å². The number of hydrogen-bond acceptors (Lipinski definition) is 19. The average Bonchev–Trinajstić information content (AvgIpc) is 3.85. The highest BCUT2D eigenvalue weighted by molar-refractivity contribution is 8.00. The van der Waals surface area contributed by atoms with E-state index in [9.17, 15) is 43.5 Å². The van der Waals surface area contributed by atoms with Crippen molar-refractivity contribution in [3.8, 4) is 0 Å². The number of allylic oxidation sites excluding steroid dienone is 2. The van der Waals surface area contributed by atoms with E-state index >= 15 is 0 Å². The van der Waals surface area contributed by atoms with Crippen LogP contribution in [0.3, 0.4) is 0 Å². The first-order valence-corrected chi connectivity index (χ1v) is 20.3. The highest BCUT2D eigenvalue weighted by atomic mass is 32.2. The third kappa shape index (κ3) is 8.52. The van der Waals surface area contributed by atoms with Gasteiger partial charge in [-0.15, -0.1) is 46.2 Å². The summed E-state index contributed by atoms with van der Waals surface area (Å²) < 4.78 is 0. The summed E-state index contributed by atoms with van der Waals surface area (Å²) in [7, 11) is 0. The van der Waals surface area contributed by atoms with E-state index in [1.807, 2.05) is 0 Å². The largest absolute Gasteiger partial charge is 0.479 e. The number of aromatic nitrogens is 2. The maximum atomic E-state index is 13.8. The average molecular weight is 889 g/mol. The van der Waals surface area contributed by atoms with E-state index in [2.05, 4.69) is 49.4 Å². The molecule has 2 aromatic rings. The topological polar surface area (TPSA) is 335 Å². The Hall–Kier alpha value is -6.58. The normalized spacial score (nSPS) is 21.3. The Balaban J connectivity index is 1.16. The van der Waals surface area contributed by atoms with Gasteiger partial charge in [-0.1, -0.05) is 35.6 Å². The molecule has 4 aliphatic heterocycles. The van der Waals surface area contributed by atoms with Gasteiger partial charge in [0.2, 0.25) is 13.2 Å². The van der Waals surface area contributed by atoms with Gasteiger partial charge < -0.3 is 41.4 Å². The number of hydrogen-bond donors (Lipinski definition) is 7. The number of carboxylic acid groups (broad SMARTS) is 3. The summed E-state index contributed by atoms with van der Waals surface area (Å²) in [6, 6.07) is -2.37. The second kappa shape index (κ2) is 17.5. The van der Waals surface area contributed by atoms with Gasteiger partial charge in [0, 0.05) is 22.3 Å². The smallest absolute Gasteiger partial charge is 0.352 e. The quantitative estimate of drug-likeness (QED) is 0.0580. The summed E-state index contributed by atoms with van der Waals surface area (Å²) in [5, 5.41) is 43.4. The van der Waals surface area contributed by atoms with Crippen molar-refractivity contribution >= 4 is 115 Å². The van der Waals surface area contributed by atoms with Crippen molar-refractivity contribution in [2.45, 2.75) is 22.8 Å². The minimum Gasteiger partial charge on any atom is -0.479 e. The lowest BCUT2D eigenvalue weighted by Gasteiger charge is -2.49. The number of nitrogen functional groups attached to an aromatic ring is 1. The number of amides is 5. The number of rotatable bonds is 17. The predicted molar refractivity (Wildman–Crippen MR) is 210 cm³/mol. The van der Waals surface area contributed by atoms with Gasteiger partial charge in [0.1, 0.15) is 45.6 Å². The molecule has 6 rings (SSSR count). The van der Waals surface area contributed by atoms with Crippen molar-refractivity contribution in [2.24, 2.45) is 10.3 Å². The second-order valence-corrected chi connectivity index (χ2v) is 15.9. The number of carboxylic acids is 3. The van der Waals surface area contributed by atoms with Gasteiger partial charge >= 0.3 is 17.9 Å².